The van der Waals surface area contributed by atoms with Gasteiger partial charge in [0.05, 0.1) is 7.11 Å². The fourth-order valence-corrected chi connectivity index (χ4v) is 2.41. The molecule has 0 aliphatic carbocycles. The van der Waals surface area contributed by atoms with Crippen molar-refractivity contribution >= 4 is 21.8 Å². The lowest BCUT2D eigenvalue weighted by Crippen LogP contribution is -2.44. The van der Waals surface area contributed by atoms with Gasteiger partial charge in [0.15, 0.2) is 0 Å². The fourth-order valence-electron chi connectivity index (χ4n) is 1.96. The molecule has 112 valence electrons. The molecule has 0 aliphatic rings. The monoisotopic (exact) mass is 345 g/mol. The number of methoxy groups -OCH3 is 1. The van der Waals surface area contributed by atoms with E-state index in [1.807, 2.05) is 20.8 Å². The van der Waals surface area contributed by atoms with Crippen LogP contribution in [0.4, 0.5) is 4.39 Å². The molecule has 0 heterocycles. The van der Waals surface area contributed by atoms with E-state index in [1.54, 1.807) is 6.07 Å². The Bertz CT molecular complexity index is 471. The van der Waals surface area contributed by atoms with Crippen molar-refractivity contribution in [3.63, 3.8) is 0 Å². The van der Waals surface area contributed by atoms with E-state index in [1.165, 1.54) is 19.2 Å². The molecule has 1 aromatic carbocycles. The topological polar surface area (TPSA) is 38.3 Å². The summed E-state index contributed by atoms with van der Waals surface area (Å²) in [6.07, 6.45) is 0.770. The predicted molar refractivity (Wildman–Crippen MR) is 82.1 cm³/mol. The first-order chi connectivity index (χ1) is 9.31. The highest BCUT2D eigenvalue weighted by Crippen LogP contribution is 2.25. The number of benzene rings is 1. The van der Waals surface area contributed by atoms with Gasteiger partial charge in [0.25, 0.3) is 5.91 Å². The third-order valence-corrected chi connectivity index (χ3v) is 3.63. The molecule has 1 aromatic rings. The Morgan fingerprint density at radius 2 is 2.10 bits per heavy atom. The molecule has 0 spiro atoms. The summed E-state index contributed by atoms with van der Waals surface area (Å²) in [6, 6.07) is 4.30. The number of carbonyl (C=O) groups excluding carboxylic acids is 1. The van der Waals surface area contributed by atoms with Crippen LogP contribution in [0.15, 0.2) is 18.2 Å². The number of alkyl halides is 1. The largest absolute Gasteiger partial charge is 0.496 e. The zero-order valence-corrected chi connectivity index (χ0v) is 13.9. The lowest BCUT2D eigenvalue weighted by Gasteiger charge is -2.31. The second kappa shape index (κ2) is 7.07. The molecule has 0 aromatic heterocycles. The molecule has 1 atom stereocenters. The van der Waals surface area contributed by atoms with Crippen molar-refractivity contribution in [1.82, 2.24) is 5.32 Å². The first kappa shape index (κ1) is 17.0. The molecule has 0 radical (unpaired) electrons. The number of ether oxygens (including phenoxy) is 1. The molecule has 1 unspecified atom stereocenters. The number of halogens is 2. The average molecular weight is 346 g/mol. The summed E-state index contributed by atoms with van der Waals surface area (Å²) in [5.41, 5.74) is -0.152. The lowest BCUT2D eigenvalue weighted by molar-refractivity contribution is 0.0893. The van der Waals surface area contributed by atoms with Gasteiger partial charge in [-0.3, -0.25) is 4.79 Å². The van der Waals surface area contributed by atoms with Gasteiger partial charge in [0.2, 0.25) is 0 Å². The minimum Gasteiger partial charge on any atom is -0.496 e. The molecular weight excluding hydrogens is 325 g/mol. The van der Waals surface area contributed by atoms with Crippen LogP contribution in [0.5, 0.6) is 5.75 Å². The van der Waals surface area contributed by atoms with Crippen LogP contribution < -0.4 is 10.1 Å². The maximum absolute atomic E-state index is 13.9. The maximum atomic E-state index is 13.9. The van der Waals surface area contributed by atoms with E-state index in [-0.39, 0.29) is 22.8 Å². The van der Waals surface area contributed by atoms with Gasteiger partial charge in [0.1, 0.15) is 17.1 Å². The zero-order chi connectivity index (χ0) is 15.3. The smallest absolute Gasteiger partial charge is 0.258 e. The van der Waals surface area contributed by atoms with Crippen molar-refractivity contribution in [2.75, 3.05) is 12.4 Å². The van der Waals surface area contributed by atoms with Crippen LogP contribution in [0, 0.1) is 11.2 Å². The third-order valence-electron chi connectivity index (χ3n) is 3.17. The third kappa shape index (κ3) is 4.20. The Morgan fingerprint density at radius 3 is 2.60 bits per heavy atom. The summed E-state index contributed by atoms with van der Waals surface area (Å²) in [5, 5.41) is 3.67. The summed E-state index contributed by atoms with van der Waals surface area (Å²) < 4.78 is 18.9. The highest BCUT2D eigenvalue weighted by molar-refractivity contribution is 9.09. The molecule has 0 saturated carbocycles. The first-order valence-corrected chi connectivity index (χ1v) is 7.62. The van der Waals surface area contributed by atoms with E-state index in [9.17, 15) is 9.18 Å². The van der Waals surface area contributed by atoms with E-state index in [0.717, 1.165) is 11.8 Å². The second-order valence-corrected chi connectivity index (χ2v) is 6.48. The van der Waals surface area contributed by atoms with Crippen LogP contribution in [-0.2, 0) is 0 Å². The molecule has 0 bridgehead atoms. The maximum Gasteiger partial charge on any atom is 0.258 e. The number of carbonyl (C=O) groups is 1. The van der Waals surface area contributed by atoms with Crippen molar-refractivity contribution in [3.05, 3.63) is 29.6 Å². The van der Waals surface area contributed by atoms with Gasteiger partial charge < -0.3 is 10.1 Å². The Kier molecular flexibility index (Phi) is 5.99. The number of rotatable bonds is 5. The van der Waals surface area contributed by atoms with Crippen LogP contribution >= 0.6 is 15.9 Å². The van der Waals surface area contributed by atoms with Gasteiger partial charge in [-0.15, -0.1) is 0 Å². The minimum absolute atomic E-state index is 0.0428. The van der Waals surface area contributed by atoms with Crippen LogP contribution in [0.1, 0.15) is 37.6 Å². The molecule has 0 fully saturated rings. The van der Waals surface area contributed by atoms with Gasteiger partial charge in [-0.05, 0) is 24.0 Å². The Morgan fingerprint density at radius 1 is 1.45 bits per heavy atom. The van der Waals surface area contributed by atoms with Crippen LogP contribution in [0.25, 0.3) is 0 Å². The van der Waals surface area contributed by atoms with Crippen molar-refractivity contribution in [3.8, 4) is 5.75 Å². The van der Waals surface area contributed by atoms with E-state index in [2.05, 4.69) is 21.2 Å². The van der Waals surface area contributed by atoms with Crippen molar-refractivity contribution < 1.29 is 13.9 Å². The van der Waals surface area contributed by atoms with Crippen LogP contribution in [0.3, 0.4) is 0 Å². The number of hydrogen-bond donors (Lipinski definition) is 1. The fraction of sp³-hybridized carbons (Fsp3) is 0.533. The van der Waals surface area contributed by atoms with E-state index >= 15 is 0 Å². The highest BCUT2D eigenvalue weighted by atomic mass is 79.9. The molecular formula is C15H21BrFNO2. The molecule has 0 aliphatic heterocycles. The molecule has 5 heteroatoms. The molecule has 3 nitrogen and oxygen atoms in total. The van der Waals surface area contributed by atoms with Crippen molar-refractivity contribution in [2.24, 2.45) is 5.41 Å². The summed E-state index contributed by atoms with van der Waals surface area (Å²) in [4.78, 5) is 12.3. The minimum atomic E-state index is -0.576. The van der Waals surface area contributed by atoms with Crippen LogP contribution in [-0.4, -0.2) is 24.4 Å². The average Bonchev–Trinajstić information content (AvgIpc) is 2.36. The quantitative estimate of drug-likeness (QED) is 0.825. The van der Waals surface area contributed by atoms with Crippen LogP contribution in [0.2, 0.25) is 0 Å². The molecule has 0 saturated heterocycles. The van der Waals surface area contributed by atoms with Gasteiger partial charge in [-0.25, -0.2) is 4.39 Å². The first-order valence-electron chi connectivity index (χ1n) is 6.50. The second-order valence-electron chi connectivity index (χ2n) is 5.69. The van der Waals surface area contributed by atoms with Gasteiger partial charge in [-0.1, -0.05) is 42.8 Å². The highest BCUT2D eigenvalue weighted by Gasteiger charge is 2.28. The van der Waals surface area contributed by atoms with E-state index in [4.69, 9.17) is 4.74 Å². The van der Waals surface area contributed by atoms with Gasteiger partial charge >= 0.3 is 0 Å². The lowest BCUT2D eigenvalue weighted by atomic mass is 9.85. The molecule has 1 amide bonds. The Labute approximate surface area is 128 Å². The summed E-state index contributed by atoms with van der Waals surface area (Å²) in [6.45, 7) is 6.12. The summed E-state index contributed by atoms with van der Waals surface area (Å²) >= 11 is 3.38. The normalized spacial score (nSPS) is 12.9. The standard InChI is InChI=1S/C15H21BrFNO2/c1-15(2,3)12(8-9-16)18-14(19)13-10(17)6-5-7-11(13)20-4/h5-7,12H,8-9H2,1-4H3,(H,18,19). The number of amides is 1. The number of hydrogen-bond acceptors (Lipinski definition) is 2. The van der Waals surface area contributed by atoms with E-state index < -0.39 is 11.7 Å². The van der Waals surface area contributed by atoms with Gasteiger partial charge in [-0.2, -0.15) is 0 Å². The Hall–Kier alpha value is -1.10. The predicted octanol–water partition coefficient (Wildman–Crippen LogP) is 3.76. The zero-order valence-electron chi connectivity index (χ0n) is 12.3. The Balaban J connectivity index is 3.01. The summed E-state index contributed by atoms with van der Waals surface area (Å²) in [7, 11) is 1.42. The van der Waals surface area contributed by atoms with Gasteiger partial charge in [0, 0.05) is 11.4 Å². The van der Waals surface area contributed by atoms with Crippen molar-refractivity contribution in [2.45, 2.75) is 33.2 Å². The van der Waals surface area contributed by atoms with Crippen molar-refractivity contribution in [1.29, 1.82) is 0 Å². The molecule has 20 heavy (non-hydrogen) atoms. The summed E-state index contributed by atoms with van der Waals surface area (Å²) in [5.74, 6) is -0.775. The van der Waals surface area contributed by atoms with E-state index in [0.29, 0.717) is 0 Å². The number of nitrogens with one attached hydrogen (secondary N) is 1. The molecule has 1 N–H and O–H groups in total. The SMILES string of the molecule is COc1cccc(F)c1C(=O)NC(CCBr)C(C)(C)C. The molecule has 1 rings (SSSR count).